The number of ether oxygens (including phenoxy) is 1. The number of hydrogen-bond acceptors (Lipinski definition) is 4. The minimum Gasteiger partial charge on any atom is -0.487 e. The molecule has 0 spiro atoms. The highest BCUT2D eigenvalue weighted by Crippen LogP contribution is 2.24. The van der Waals surface area contributed by atoms with E-state index in [0.717, 1.165) is 28.2 Å². The van der Waals surface area contributed by atoms with Crippen LogP contribution < -0.4 is 10.1 Å². The van der Waals surface area contributed by atoms with Crippen molar-refractivity contribution in [3.8, 4) is 17.0 Å². The first kappa shape index (κ1) is 18.4. The number of amides is 1. The van der Waals surface area contributed by atoms with Crippen LogP contribution in [0.4, 0.5) is 5.69 Å². The number of carbonyl (C=O) groups excluding carboxylic acids is 1. The second-order valence-corrected chi connectivity index (χ2v) is 6.58. The topological polar surface area (TPSA) is 79.9 Å². The maximum absolute atomic E-state index is 12.7. The molecule has 0 radical (unpaired) electrons. The van der Waals surface area contributed by atoms with Gasteiger partial charge in [-0.1, -0.05) is 18.2 Å². The smallest absolute Gasteiger partial charge is 0.255 e. The van der Waals surface area contributed by atoms with Crippen LogP contribution in [-0.4, -0.2) is 20.9 Å². The Kier molecular flexibility index (Phi) is 5.33. The zero-order valence-electron chi connectivity index (χ0n) is 15.9. The van der Waals surface area contributed by atoms with Crippen molar-refractivity contribution in [1.82, 2.24) is 15.0 Å². The molecule has 0 aliphatic heterocycles. The number of carbonyl (C=O) groups is 1. The number of aromatic nitrogens is 3. The van der Waals surface area contributed by atoms with Crippen molar-refractivity contribution in [2.24, 2.45) is 0 Å². The molecule has 6 heteroatoms. The van der Waals surface area contributed by atoms with E-state index in [1.165, 1.54) is 0 Å². The summed E-state index contributed by atoms with van der Waals surface area (Å²) in [6.45, 7) is 2.34. The quantitative estimate of drug-likeness (QED) is 0.509. The molecule has 0 atom stereocenters. The van der Waals surface area contributed by atoms with Crippen molar-refractivity contribution in [2.45, 2.75) is 13.5 Å². The summed E-state index contributed by atoms with van der Waals surface area (Å²) in [6.07, 6.45) is 5.11. The molecule has 2 aromatic heterocycles. The SMILES string of the molecule is Cc1ccc(-c2cnc[nH]2)cc1NC(=O)c1ccc(OCc2ccccn2)cc1. The van der Waals surface area contributed by atoms with E-state index >= 15 is 0 Å². The molecule has 0 bridgehead atoms. The van der Waals surface area contributed by atoms with Crippen molar-refractivity contribution < 1.29 is 9.53 Å². The Bertz CT molecular complexity index is 1090. The maximum Gasteiger partial charge on any atom is 0.255 e. The molecule has 2 aromatic carbocycles. The number of rotatable bonds is 6. The summed E-state index contributed by atoms with van der Waals surface area (Å²) in [4.78, 5) is 24.0. The van der Waals surface area contributed by atoms with Gasteiger partial charge in [0.15, 0.2) is 0 Å². The van der Waals surface area contributed by atoms with Gasteiger partial charge in [-0.3, -0.25) is 9.78 Å². The van der Waals surface area contributed by atoms with E-state index in [0.29, 0.717) is 17.9 Å². The lowest BCUT2D eigenvalue weighted by Gasteiger charge is -2.11. The number of benzene rings is 2. The molecule has 4 rings (SSSR count). The zero-order valence-corrected chi connectivity index (χ0v) is 15.9. The third-order valence-electron chi connectivity index (χ3n) is 4.52. The lowest BCUT2D eigenvalue weighted by Crippen LogP contribution is -2.12. The third kappa shape index (κ3) is 4.50. The van der Waals surface area contributed by atoms with Crippen LogP contribution in [0.15, 0.2) is 79.4 Å². The maximum atomic E-state index is 12.7. The van der Waals surface area contributed by atoms with E-state index in [4.69, 9.17) is 4.74 Å². The highest BCUT2D eigenvalue weighted by Gasteiger charge is 2.10. The first-order valence-electron chi connectivity index (χ1n) is 9.22. The van der Waals surface area contributed by atoms with Crippen molar-refractivity contribution in [3.63, 3.8) is 0 Å². The van der Waals surface area contributed by atoms with Crippen LogP contribution in [0.3, 0.4) is 0 Å². The largest absolute Gasteiger partial charge is 0.487 e. The minimum absolute atomic E-state index is 0.175. The molecule has 2 heterocycles. The van der Waals surface area contributed by atoms with Gasteiger partial charge in [-0.15, -0.1) is 0 Å². The summed E-state index contributed by atoms with van der Waals surface area (Å²) in [6, 6.07) is 18.6. The summed E-state index contributed by atoms with van der Waals surface area (Å²) in [5.41, 5.74) is 5.01. The Hall–Kier alpha value is -3.93. The second-order valence-electron chi connectivity index (χ2n) is 6.58. The predicted octanol–water partition coefficient (Wildman–Crippen LogP) is 4.61. The van der Waals surface area contributed by atoms with E-state index in [9.17, 15) is 4.79 Å². The van der Waals surface area contributed by atoms with Crippen molar-refractivity contribution in [3.05, 3.63) is 96.2 Å². The fourth-order valence-electron chi connectivity index (χ4n) is 2.88. The molecule has 0 aliphatic carbocycles. The zero-order chi connectivity index (χ0) is 20.1. The molecule has 1 amide bonds. The van der Waals surface area contributed by atoms with Crippen molar-refractivity contribution >= 4 is 11.6 Å². The van der Waals surface area contributed by atoms with Gasteiger partial charge < -0.3 is 15.0 Å². The molecule has 0 aliphatic rings. The van der Waals surface area contributed by atoms with Crippen LogP contribution in [-0.2, 0) is 6.61 Å². The molecule has 4 aromatic rings. The fourth-order valence-corrected chi connectivity index (χ4v) is 2.88. The van der Waals surface area contributed by atoms with Crippen LogP contribution in [0.2, 0.25) is 0 Å². The number of anilines is 1. The number of imidazole rings is 1. The van der Waals surface area contributed by atoms with Gasteiger partial charge in [0.25, 0.3) is 5.91 Å². The molecular formula is C23H20N4O2. The highest BCUT2D eigenvalue weighted by molar-refractivity contribution is 6.05. The molecule has 0 unspecified atom stereocenters. The molecule has 0 saturated carbocycles. The van der Waals surface area contributed by atoms with Gasteiger partial charge in [0.05, 0.1) is 23.9 Å². The van der Waals surface area contributed by atoms with Crippen LogP contribution in [0, 0.1) is 6.92 Å². The molecule has 2 N–H and O–H groups in total. The van der Waals surface area contributed by atoms with Gasteiger partial charge in [0.2, 0.25) is 0 Å². The normalized spacial score (nSPS) is 10.5. The first-order valence-corrected chi connectivity index (χ1v) is 9.22. The summed E-state index contributed by atoms with van der Waals surface area (Å²) in [5, 5.41) is 2.98. The molecular weight excluding hydrogens is 364 g/mol. The Morgan fingerprint density at radius 2 is 1.97 bits per heavy atom. The number of aromatic amines is 1. The van der Waals surface area contributed by atoms with E-state index in [-0.39, 0.29) is 5.91 Å². The highest BCUT2D eigenvalue weighted by atomic mass is 16.5. The number of H-pyrrole nitrogens is 1. The number of nitrogens with zero attached hydrogens (tertiary/aromatic N) is 2. The van der Waals surface area contributed by atoms with E-state index < -0.39 is 0 Å². The summed E-state index contributed by atoms with van der Waals surface area (Å²) >= 11 is 0. The monoisotopic (exact) mass is 384 g/mol. The Balaban J connectivity index is 1.43. The fraction of sp³-hybridized carbons (Fsp3) is 0.0870. The van der Waals surface area contributed by atoms with Crippen LogP contribution in [0.25, 0.3) is 11.3 Å². The van der Waals surface area contributed by atoms with E-state index in [2.05, 4.69) is 20.3 Å². The predicted molar refractivity (Wildman–Crippen MR) is 112 cm³/mol. The van der Waals surface area contributed by atoms with E-state index in [1.54, 1.807) is 43.0 Å². The summed E-state index contributed by atoms with van der Waals surface area (Å²) < 4.78 is 5.72. The number of nitrogens with one attached hydrogen (secondary N) is 2. The number of pyridine rings is 1. The van der Waals surface area contributed by atoms with Gasteiger partial charge in [0.1, 0.15) is 12.4 Å². The molecule has 144 valence electrons. The average Bonchev–Trinajstić information content (AvgIpc) is 3.30. The summed E-state index contributed by atoms with van der Waals surface area (Å²) in [5.74, 6) is 0.510. The van der Waals surface area contributed by atoms with Crippen molar-refractivity contribution in [2.75, 3.05) is 5.32 Å². The minimum atomic E-state index is -0.175. The van der Waals surface area contributed by atoms with Crippen LogP contribution >= 0.6 is 0 Å². The van der Waals surface area contributed by atoms with Gasteiger partial charge in [-0.2, -0.15) is 0 Å². The Morgan fingerprint density at radius 3 is 2.69 bits per heavy atom. The lowest BCUT2D eigenvalue weighted by atomic mass is 10.1. The second kappa shape index (κ2) is 8.39. The average molecular weight is 384 g/mol. The first-order chi connectivity index (χ1) is 14.2. The van der Waals surface area contributed by atoms with Gasteiger partial charge in [-0.25, -0.2) is 4.98 Å². The lowest BCUT2D eigenvalue weighted by molar-refractivity contribution is 0.102. The molecule has 6 nitrogen and oxygen atoms in total. The van der Waals surface area contributed by atoms with E-state index in [1.807, 2.05) is 43.3 Å². The van der Waals surface area contributed by atoms with Gasteiger partial charge in [0, 0.05) is 23.0 Å². The Labute approximate surface area is 168 Å². The van der Waals surface area contributed by atoms with Gasteiger partial charge in [-0.05, 0) is 55.0 Å². The van der Waals surface area contributed by atoms with Crippen LogP contribution in [0.5, 0.6) is 5.75 Å². The number of hydrogen-bond donors (Lipinski definition) is 2. The standard InChI is InChI=1S/C23H20N4O2/c1-16-5-6-18(22-13-24-15-26-22)12-21(16)27-23(28)17-7-9-20(10-8-17)29-14-19-4-2-3-11-25-19/h2-13,15H,14H2,1H3,(H,24,26)(H,27,28). The molecule has 29 heavy (non-hydrogen) atoms. The molecule has 0 fully saturated rings. The third-order valence-corrected chi connectivity index (χ3v) is 4.52. The van der Waals surface area contributed by atoms with Crippen molar-refractivity contribution in [1.29, 1.82) is 0 Å². The van der Waals surface area contributed by atoms with Gasteiger partial charge >= 0.3 is 0 Å². The number of aryl methyl sites for hydroxylation is 1. The summed E-state index contributed by atoms with van der Waals surface area (Å²) in [7, 11) is 0. The van der Waals surface area contributed by atoms with Crippen LogP contribution in [0.1, 0.15) is 21.6 Å². The Morgan fingerprint density at radius 1 is 1.10 bits per heavy atom. The molecule has 0 saturated heterocycles.